The molecular weight excluding hydrogens is 298 g/mol. The quantitative estimate of drug-likeness (QED) is 0.585. The van der Waals surface area contributed by atoms with E-state index in [4.69, 9.17) is 4.42 Å². The van der Waals surface area contributed by atoms with Crippen molar-refractivity contribution in [2.45, 2.75) is 26.8 Å². The number of aromatic nitrogens is 1. The van der Waals surface area contributed by atoms with Gasteiger partial charge in [0.2, 0.25) is 5.89 Å². The summed E-state index contributed by atoms with van der Waals surface area (Å²) in [5.74, 6) is 1.09. The van der Waals surface area contributed by atoms with Gasteiger partial charge in [-0.15, -0.1) is 0 Å². The summed E-state index contributed by atoms with van der Waals surface area (Å²) in [6, 6.07) is 14.5. The van der Waals surface area contributed by atoms with Crippen molar-refractivity contribution in [2.24, 2.45) is 16.1 Å². The van der Waals surface area contributed by atoms with E-state index in [9.17, 15) is 0 Å². The van der Waals surface area contributed by atoms with Crippen molar-refractivity contribution in [3.8, 4) is 22.7 Å². The number of oxazole rings is 1. The molecule has 0 aliphatic carbocycles. The standard InChI is InChI=1S/C20H19N3O/c1-12(2)19-16-9-8-14(10-17(16)22-23-19)18-11-24-20(21-18)15-7-5-4-6-13(15)3/h4-12,19H,1-3H3. The molecular formula is C20H19N3O. The van der Waals surface area contributed by atoms with Crippen molar-refractivity contribution < 1.29 is 4.42 Å². The van der Waals surface area contributed by atoms with Crippen LogP contribution in [0.2, 0.25) is 0 Å². The van der Waals surface area contributed by atoms with E-state index >= 15 is 0 Å². The molecule has 0 spiro atoms. The first-order chi connectivity index (χ1) is 11.6. The van der Waals surface area contributed by atoms with Crippen LogP contribution in [0.3, 0.4) is 0 Å². The average Bonchev–Trinajstić information content (AvgIpc) is 3.21. The molecule has 0 saturated carbocycles. The molecule has 0 amide bonds. The van der Waals surface area contributed by atoms with Gasteiger partial charge in [0.25, 0.3) is 0 Å². The van der Waals surface area contributed by atoms with E-state index in [2.05, 4.69) is 54.2 Å². The first-order valence-corrected chi connectivity index (χ1v) is 8.20. The van der Waals surface area contributed by atoms with E-state index in [0.717, 1.165) is 28.1 Å². The van der Waals surface area contributed by atoms with Gasteiger partial charge in [0, 0.05) is 16.7 Å². The molecule has 2 aromatic carbocycles. The zero-order valence-corrected chi connectivity index (χ0v) is 14.0. The molecule has 0 N–H and O–H groups in total. The number of hydrogen-bond acceptors (Lipinski definition) is 4. The molecule has 0 radical (unpaired) electrons. The normalized spacial score (nSPS) is 15.9. The monoisotopic (exact) mass is 317 g/mol. The molecule has 1 atom stereocenters. The van der Waals surface area contributed by atoms with Gasteiger partial charge >= 0.3 is 0 Å². The Bertz CT molecular complexity index is 924. The predicted molar refractivity (Wildman–Crippen MR) is 94.2 cm³/mol. The Morgan fingerprint density at radius 2 is 1.92 bits per heavy atom. The van der Waals surface area contributed by atoms with Gasteiger partial charge in [-0.05, 0) is 30.5 Å². The molecule has 24 heavy (non-hydrogen) atoms. The molecule has 0 saturated heterocycles. The minimum absolute atomic E-state index is 0.161. The van der Waals surface area contributed by atoms with Crippen LogP contribution in [0.25, 0.3) is 22.7 Å². The number of aryl methyl sites for hydroxylation is 1. The summed E-state index contributed by atoms with van der Waals surface area (Å²) in [5.41, 5.74) is 6.11. The lowest BCUT2D eigenvalue weighted by molar-refractivity contribution is 0.515. The van der Waals surface area contributed by atoms with Crippen molar-refractivity contribution in [1.29, 1.82) is 0 Å². The Kier molecular flexibility index (Phi) is 3.53. The minimum atomic E-state index is 0.161. The highest BCUT2D eigenvalue weighted by Crippen LogP contribution is 2.41. The van der Waals surface area contributed by atoms with Crippen LogP contribution in [0.4, 0.5) is 5.69 Å². The Morgan fingerprint density at radius 3 is 2.71 bits per heavy atom. The van der Waals surface area contributed by atoms with Crippen molar-refractivity contribution in [1.82, 2.24) is 4.98 Å². The molecule has 4 rings (SSSR count). The van der Waals surface area contributed by atoms with E-state index in [1.54, 1.807) is 6.26 Å². The first-order valence-electron chi connectivity index (χ1n) is 8.20. The topological polar surface area (TPSA) is 50.8 Å². The fraction of sp³-hybridized carbons (Fsp3) is 0.250. The van der Waals surface area contributed by atoms with Crippen molar-refractivity contribution in [2.75, 3.05) is 0 Å². The van der Waals surface area contributed by atoms with Gasteiger partial charge in [0.05, 0.1) is 5.69 Å². The van der Waals surface area contributed by atoms with Gasteiger partial charge in [-0.3, -0.25) is 0 Å². The molecule has 1 aromatic heterocycles. The van der Waals surface area contributed by atoms with Crippen LogP contribution in [-0.4, -0.2) is 4.98 Å². The fourth-order valence-electron chi connectivity index (χ4n) is 3.06. The van der Waals surface area contributed by atoms with Crippen LogP contribution >= 0.6 is 0 Å². The molecule has 3 aromatic rings. The second-order valence-electron chi connectivity index (χ2n) is 6.53. The average molecular weight is 317 g/mol. The van der Waals surface area contributed by atoms with Gasteiger partial charge in [-0.2, -0.15) is 10.2 Å². The second-order valence-corrected chi connectivity index (χ2v) is 6.53. The SMILES string of the molecule is Cc1ccccc1-c1nc(-c2ccc3c(c2)N=NC3C(C)C)co1. The van der Waals surface area contributed by atoms with Crippen molar-refractivity contribution >= 4 is 5.69 Å². The number of fused-ring (bicyclic) bond motifs is 1. The molecule has 2 heterocycles. The highest BCUT2D eigenvalue weighted by molar-refractivity contribution is 5.69. The van der Waals surface area contributed by atoms with Gasteiger partial charge in [0.1, 0.15) is 18.0 Å². The number of rotatable bonds is 3. The molecule has 0 fully saturated rings. The largest absolute Gasteiger partial charge is 0.444 e. The predicted octanol–water partition coefficient (Wildman–Crippen LogP) is 6.11. The molecule has 1 aliphatic rings. The molecule has 1 aliphatic heterocycles. The lowest BCUT2D eigenvalue weighted by Crippen LogP contribution is -2.00. The Labute approximate surface area is 141 Å². The van der Waals surface area contributed by atoms with E-state index in [-0.39, 0.29) is 6.04 Å². The van der Waals surface area contributed by atoms with E-state index in [1.807, 2.05) is 24.3 Å². The summed E-state index contributed by atoms with van der Waals surface area (Å²) in [5, 5.41) is 8.72. The summed E-state index contributed by atoms with van der Waals surface area (Å²) in [4.78, 5) is 4.65. The summed E-state index contributed by atoms with van der Waals surface area (Å²) in [7, 11) is 0. The number of benzene rings is 2. The number of nitrogens with zero attached hydrogens (tertiary/aromatic N) is 3. The van der Waals surface area contributed by atoms with Gasteiger partial charge < -0.3 is 4.42 Å². The van der Waals surface area contributed by atoms with Crippen LogP contribution in [0.15, 0.2) is 63.4 Å². The van der Waals surface area contributed by atoms with Crippen LogP contribution in [-0.2, 0) is 0 Å². The first kappa shape index (κ1) is 14.8. The van der Waals surface area contributed by atoms with Crippen LogP contribution < -0.4 is 0 Å². The molecule has 120 valence electrons. The zero-order chi connectivity index (χ0) is 16.7. The molecule has 4 nitrogen and oxygen atoms in total. The highest BCUT2D eigenvalue weighted by Gasteiger charge is 2.24. The summed E-state index contributed by atoms with van der Waals surface area (Å²) < 4.78 is 5.70. The molecule has 1 unspecified atom stereocenters. The Balaban J connectivity index is 1.69. The maximum Gasteiger partial charge on any atom is 0.226 e. The summed E-state index contributed by atoms with van der Waals surface area (Å²) >= 11 is 0. The van der Waals surface area contributed by atoms with E-state index in [0.29, 0.717) is 11.8 Å². The van der Waals surface area contributed by atoms with Crippen LogP contribution in [0.1, 0.15) is 31.0 Å². The van der Waals surface area contributed by atoms with Crippen molar-refractivity contribution in [3.05, 3.63) is 59.9 Å². The van der Waals surface area contributed by atoms with Gasteiger partial charge in [0.15, 0.2) is 0 Å². The lowest BCUT2D eigenvalue weighted by atomic mass is 9.95. The third-order valence-electron chi connectivity index (χ3n) is 4.45. The maximum absolute atomic E-state index is 5.70. The smallest absolute Gasteiger partial charge is 0.226 e. The van der Waals surface area contributed by atoms with Crippen LogP contribution in [0.5, 0.6) is 0 Å². The van der Waals surface area contributed by atoms with E-state index < -0.39 is 0 Å². The lowest BCUT2D eigenvalue weighted by Gasteiger charge is -2.11. The maximum atomic E-state index is 5.70. The van der Waals surface area contributed by atoms with Gasteiger partial charge in [-0.25, -0.2) is 4.98 Å². The van der Waals surface area contributed by atoms with Crippen molar-refractivity contribution in [3.63, 3.8) is 0 Å². The zero-order valence-electron chi connectivity index (χ0n) is 14.0. The number of hydrogen-bond donors (Lipinski definition) is 0. The third-order valence-corrected chi connectivity index (χ3v) is 4.45. The summed E-state index contributed by atoms with van der Waals surface area (Å²) in [6.45, 7) is 6.39. The Morgan fingerprint density at radius 1 is 1.08 bits per heavy atom. The van der Waals surface area contributed by atoms with Gasteiger partial charge in [-0.1, -0.05) is 44.2 Å². The fourth-order valence-corrected chi connectivity index (χ4v) is 3.06. The van der Waals surface area contributed by atoms with Crippen LogP contribution in [0, 0.1) is 12.8 Å². The summed E-state index contributed by atoms with van der Waals surface area (Å²) in [6.07, 6.45) is 1.70. The van der Waals surface area contributed by atoms with E-state index in [1.165, 1.54) is 5.56 Å². The Hall–Kier alpha value is -2.75. The third kappa shape index (κ3) is 2.44. The second kappa shape index (κ2) is 5.71. The molecule has 0 bridgehead atoms. The highest BCUT2D eigenvalue weighted by atomic mass is 16.3. The minimum Gasteiger partial charge on any atom is -0.444 e. The molecule has 4 heteroatoms. The number of azo groups is 1.